The molecule has 0 spiro atoms. The lowest BCUT2D eigenvalue weighted by Crippen LogP contribution is -2.45. The first-order valence-corrected chi connectivity index (χ1v) is 8.23. The first-order valence-electron chi connectivity index (χ1n) is 8.23. The lowest BCUT2D eigenvalue weighted by Gasteiger charge is -2.33. The number of amides is 1. The molecule has 3 nitrogen and oxygen atoms in total. The highest BCUT2D eigenvalue weighted by molar-refractivity contribution is 5.95. The molecular weight excluding hydrogens is 296 g/mol. The van der Waals surface area contributed by atoms with Crippen LogP contribution in [0.5, 0.6) is 0 Å². The zero-order valence-corrected chi connectivity index (χ0v) is 14.4. The highest BCUT2D eigenvalue weighted by Gasteiger charge is 2.26. The van der Waals surface area contributed by atoms with Gasteiger partial charge < -0.3 is 10.2 Å². The van der Waals surface area contributed by atoms with Crippen LogP contribution in [0.3, 0.4) is 0 Å². The molecule has 0 aromatic heterocycles. The summed E-state index contributed by atoms with van der Waals surface area (Å²) < 4.78 is 0. The molecule has 122 valence electrons. The van der Waals surface area contributed by atoms with E-state index in [4.69, 9.17) is 0 Å². The summed E-state index contributed by atoms with van der Waals surface area (Å²) in [6, 6.07) is 6.71. The fraction of sp³-hybridized carbons (Fsp3) is 0.611. The van der Waals surface area contributed by atoms with Crippen molar-refractivity contribution in [3.63, 3.8) is 0 Å². The number of aryl methyl sites for hydroxylation is 2. The predicted molar refractivity (Wildman–Crippen MR) is 92.8 cm³/mol. The van der Waals surface area contributed by atoms with E-state index in [-0.39, 0.29) is 18.3 Å². The molecule has 1 aliphatic carbocycles. The maximum absolute atomic E-state index is 12.6. The monoisotopic (exact) mass is 322 g/mol. The molecule has 0 bridgehead atoms. The van der Waals surface area contributed by atoms with Crippen molar-refractivity contribution in [1.29, 1.82) is 0 Å². The lowest BCUT2D eigenvalue weighted by molar-refractivity contribution is 0.0704. The number of hydrogen-bond acceptors (Lipinski definition) is 2. The van der Waals surface area contributed by atoms with Crippen LogP contribution >= 0.6 is 12.4 Å². The first kappa shape index (κ1) is 17.3. The molecule has 2 aliphatic rings. The second-order valence-electron chi connectivity index (χ2n) is 6.74. The van der Waals surface area contributed by atoms with Crippen LogP contribution in [0.4, 0.5) is 0 Å². The first-order chi connectivity index (χ1) is 10.1. The van der Waals surface area contributed by atoms with Crippen LogP contribution in [0.1, 0.15) is 47.2 Å². The van der Waals surface area contributed by atoms with Gasteiger partial charge in [-0.05, 0) is 63.6 Å². The van der Waals surface area contributed by atoms with Gasteiger partial charge in [-0.15, -0.1) is 12.4 Å². The molecule has 1 amide bonds. The van der Waals surface area contributed by atoms with Gasteiger partial charge in [-0.1, -0.05) is 17.7 Å². The van der Waals surface area contributed by atoms with Gasteiger partial charge in [0.25, 0.3) is 5.91 Å². The van der Waals surface area contributed by atoms with E-state index in [0.717, 1.165) is 43.0 Å². The predicted octanol–water partition coefficient (Wildman–Crippen LogP) is 3.33. The Kier molecular flexibility index (Phi) is 5.87. The highest BCUT2D eigenvalue weighted by atomic mass is 35.5. The molecule has 1 heterocycles. The number of nitrogens with one attached hydrogen (secondary N) is 1. The van der Waals surface area contributed by atoms with Gasteiger partial charge >= 0.3 is 0 Å². The van der Waals surface area contributed by atoms with Gasteiger partial charge in [-0.25, -0.2) is 0 Å². The fourth-order valence-corrected chi connectivity index (χ4v) is 3.17. The number of benzene rings is 1. The van der Waals surface area contributed by atoms with Gasteiger partial charge in [0.1, 0.15) is 0 Å². The van der Waals surface area contributed by atoms with Gasteiger partial charge in [0.05, 0.1) is 0 Å². The molecule has 3 rings (SSSR count). The van der Waals surface area contributed by atoms with Gasteiger partial charge in [-0.3, -0.25) is 4.79 Å². The quantitative estimate of drug-likeness (QED) is 0.922. The van der Waals surface area contributed by atoms with Crippen molar-refractivity contribution in [2.75, 3.05) is 19.6 Å². The summed E-state index contributed by atoms with van der Waals surface area (Å²) in [5.41, 5.74) is 3.17. The molecule has 1 aromatic rings. The van der Waals surface area contributed by atoms with Crippen molar-refractivity contribution in [1.82, 2.24) is 10.2 Å². The third-order valence-corrected chi connectivity index (χ3v) is 4.79. The summed E-state index contributed by atoms with van der Waals surface area (Å²) in [6.07, 6.45) is 4.97. The van der Waals surface area contributed by atoms with Crippen LogP contribution < -0.4 is 5.32 Å². The molecule has 1 aliphatic heterocycles. The van der Waals surface area contributed by atoms with E-state index in [1.807, 2.05) is 24.0 Å². The minimum atomic E-state index is 0. The van der Waals surface area contributed by atoms with Crippen LogP contribution in [0.2, 0.25) is 0 Å². The summed E-state index contributed by atoms with van der Waals surface area (Å²) in [6.45, 7) is 7.04. The highest BCUT2D eigenvalue weighted by Crippen LogP contribution is 2.28. The second kappa shape index (κ2) is 7.47. The van der Waals surface area contributed by atoms with E-state index >= 15 is 0 Å². The summed E-state index contributed by atoms with van der Waals surface area (Å²) in [7, 11) is 0. The van der Waals surface area contributed by atoms with Gasteiger partial charge in [0.15, 0.2) is 0 Å². The van der Waals surface area contributed by atoms with Crippen LogP contribution in [0.25, 0.3) is 0 Å². The molecule has 1 N–H and O–H groups in total. The average Bonchev–Trinajstić information content (AvgIpc) is 3.29. The Balaban J connectivity index is 0.00000176. The standard InChI is InChI=1S/C18H26N2O.ClH/c1-13-3-6-17(14(2)11-13)18(21)20-9-7-16(8-10-20)19-12-15-4-5-15;/h3,6,11,15-16,19H,4-5,7-10,12H2,1-2H3;1H. The second-order valence-corrected chi connectivity index (χ2v) is 6.74. The maximum Gasteiger partial charge on any atom is 0.254 e. The number of rotatable bonds is 4. The zero-order valence-electron chi connectivity index (χ0n) is 13.6. The smallest absolute Gasteiger partial charge is 0.254 e. The molecule has 1 aromatic carbocycles. The third-order valence-electron chi connectivity index (χ3n) is 4.79. The molecule has 1 saturated heterocycles. The Morgan fingerprint density at radius 3 is 2.45 bits per heavy atom. The Labute approximate surface area is 139 Å². The third kappa shape index (κ3) is 4.23. The largest absolute Gasteiger partial charge is 0.339 e. The molecular formula is C18H27ClN2O. The normalized spacial score (nSPS) is 18.9. The van der Waals surface area contributed by atoms with Crippen molar-refractivity contribution >= 4 is 18.3 Å². The SMILES string of the molecule is Cc1ccc(C(=O)N2CCC(NCC3CC3)CC2)c(C)c1.Cl. The van der Waals surface area contributed by atoms with E-state index < -0.39 is 0 Å². The lowest BCUT2D eigenvalue weighted by atomic mass is 10.0. The van der Waals surface area contributed by atoms with Crippen molar-refractivity contribution in [3.8, 4) is 0 Å². The fourth-order valence-electron chi connectivity index (χ4n) is 3.17. The molecule has 0 atom stereocenters. The Bertz CT molecular complexity index is 520. The minimum Gasteiger partial charge on any atom is -0.339 e. The van der Waals surface area contributed by atoms with Crippen molar-refractivity contribution in [3.05, 3.63) is 34.9 Å². The zero-order chi connectivity index (χ0) is 14.8. The van der Waals surface area contributed by atoms with Crippen LogP contribution in [-0.4, -0.2) is 36.5 Å². The molecule has 0 radical (unpaired) electrons. The Morgan fingerprint density at radius 2 is 1.86 bits per heavy atom. The molecule has 2 fully saturated rings. The van der Waals surface area contributed by atoms with Crippen LogP contribution in [0, 0.1) is 19.8 Å². The van der Waals surface area contributed by atoms with Crippen LogP contribution in [-0.2, 0) is 0 Å². The van der Waals surface area contributed by atoms with E-state index in [0.29, 0.717) is 6.04 Å². The number of hydrogen-bond donors (Lipinski definition) is 1. The Hall–Kier alpha value is -1.06. The molecule has 4 heteroatoms. The number of carbonyl (C=O) groups excluding carboxylic acids is 1. The van der Waals surface area contributed by atoms with E-state index in [1.54, 1.807) is 0 Å². The average molecular weight is 323 g/mol. The van der Waals surface area contributed by atoms with Gasteiger partial charge in [-0.2, -0.15) is 0 Å². The molecule has 22 heavy (non-hydrogen) atoms. The summed E-state index contributed by atoms with van der Waals surface area (Å²) in [5.74, 6) is 1.13. The van der Waals surface area contributed by atoms with E-state index in [2.05, 4.69) is 18.3 Å². The number of carbonyl (C=O) groups is 1. The molecule has 1 saturated carbocycles. The number of piperidine rings is 1. The maximum atomic E-state index is 12.6. The number of likely N-dealkylation sites (tertiary alicyclic amines) is 1. The number of nitrogens with zero attached hydrogens (tertiary/aromatic N) is 1. The summed E-state index contributed by atoms with van der Waals surface area (Å²) in [4.78, 5) is 14.6. The van der Waals surface area contributed by atoms with Crippen molar-refractivity contribution in [2.24, 2.45) is 5.92 Å². The number of halogens is 1. The van der Waals surface area contributed by atoms with Gasteiger partial charge in [0.2, 0.25) is 0 Å². The van der Waals surface area contributed by atoms with Crippen LogP contribution in [0.15, 0.2) is 18.2 Å². The van der Waals surface area contributed by atoms with E-state index in [9.17, 15) is 4.79 Å². The van der Waals surface area contributed by atoms with Crippen molar-refractivity contribution in [2.45, 2.75) is 45.6 Å². The molecule has 0 unspecified atom stereocenters. The minimum absolute atomic E-state index is 0. The van der Waals surface area contributed by atoms with Crippen molar-refractivity contribution < 1.29 is 4.79 Å². The topological polar surface area (TPSA) is 32.3 Å². The van der Waals surface area contributed by atoms with Gasteiger partial charge in [0, 0.05) is 24.7 Å². The summed E-state index contributed by atoms with van der Waals surface area (Å²) >= 11 is 0. The summed E-state index contributed by atoms with van der Waals surface area (Å²) in [5, 5.41) is 3.66. The van der Waals surface area contributed by atoms with E-state index in [1.165, 1.54) is 24.9 Å². The Morgan fingerprint density at radius 1 is 1.18 bits per heavy atom.